The molecule has 120 valence electrons. The van der Waals surface area contributed by atoms with Crippen LogP contribution >= 0.6 is 0 Å². The number of aliphatic carboxylic acids is 1. The largest absolute Gasteiger partial charge is 0.479 e. The third-order valence-electron chi connectivity index (χ3n) is 3.35. The monoisotopic (exact) mass is 300 g/mol. The van der Waals surface area contributed by atoms with E-state index in [-0.39, 0.29) is 0 Å². The van der Waals surface area contributed by atoms with Crippen LogP contribution < -0.4 is 5.73 Å². The Bertz CT molecular complexity index is 435. The van der Waals surface area contributed by atoms with Gasteiger partial charge in [-0.05, 0) is 40.5 Å². The maximum absolute atomic E-state index is 12.5. The minimum Gasteiger partial charge on any atom is -0.479 e. The van der Waals surface area contributed by atoms with Crippen LogP contribution in [-0.2, 0) is 19.1 Å². The first kappa shape index (κ1) is 17.6. The molecule has 1 heterocycles. The molecule has 1 fully saturated rings. The zero-order valence-corrected chi connectivity index (χ0v) is 13.0. The number of carboxylic acid groups (broad SMARTS) is 1. The lowest BCUT2D eigenvalue weighted by Crippen LogP contribution is -2.68. The molecule has 21 heavy (non-hydrogen) atoms. The van der Waals surface area contributed by atoms with Gasteiger partial charge in [-0.15, -0.1) is 0 Å². The number of ketones is 1. The average Bonchev–Trinajstić information content (AvgIpc) is 2.80. The van der Waals surface area contributed by atoms with Gasteiger partial charge < -0.3 is 15.6 Å². The maximum Gasteiger partial charge on any atom is 0.346 e. The molecule has 0 aromatic heterocycles. The fourth-order valence-corrected chi connectivity index (χ4v) is 2.45. The number of Topliss-reactive ketones (excluding diaryl/α,β-unsaturated/α-hetero) is 1. The van der Waals surface area contributed by atoms with Crippen molar-refractivity contribution in [1.82, 2.24) is 4.90 Å². The first-order valence-corrected chi connectivity index (χ1v) is 7.05. The summed E-state index contributed by atoms with van der Waals surface area (Å²) in [5.41, 5.74) is 2.34. The third kappa shape index (κ3) is 3.41. The summed E-state index contributed by atoms with van der Waals surface area (Å²) in [4.78, 5) is 38.2. The molecular weight excluding hydrogens is 276 g/mol. The number of nitrogens with zero attached hydrogens (tertiary/aromatic N) is 1. The number of likely N-dealkylation sites (tertiary alicyclic amines) is 1. The lowest BCUT2D eigenvalue weighted by molar-refractivity contribution is -0.181. The quantitative estimate of drug-likeness (QED) is 0.550. The Morgan fingerprint density at radius 2 is 1.67 bits per heavy atom. The van der Waals surface area contributed by atoms with E-state index in [4.69, 9.17) is 10.5 Å². The van der Waals surface area contributed by atoms with Gasteiger partial charge in [0.15, 0.2) is 5.78 Å². The van der Waals surface area contributed by atoms with Gasteiger partial charge in [-0.3, -0.25) is 9.69 Å². The molecule has 0 unspecified atom stereocenters. The Balaban J connectivity index is 3.33. The highest BCUT2D eigenvalue weighted by molar-refractivity contribution is 6.26. The van der Waals surface area contributed by atoms with Gasteiger partial charge in [-0.25, -0.2) is 9.59 Å². The second-order valence-electron chi connectivity index (χ2n) is 6.36. The van der Waals surface area contributed by atoms with Crippen LogP contribution in [-0.4, -0.2) is 58.0 Å². The van der Waals surface area contributed by atoms with E-state index in [2.05, 4.69) is 0 Å². The molecule has 7 nitrogen and oxygen atoms in total. The molecule has 0 saturated carbocycles. The van der Waals surface area contributed by atoms with Crippen LogP contribution in [0.1, 0.15) is 40.5 Å². The van der Waals surface area contributed by atoms with E-state index in [1.165, 1.54) is 11.8 Å². The van der Waals surface area contributed by atoms with E-state index in [0.29, 0.717) is 13.1 Å². The summed E-state index contributed by atoms with van der Waals surface area (Å²) in [6, 6.07) is -1.07. The molecule has 0 amide bonds. The van der Waals surface area contributed by atoms with E-state index in [1.807, 2.05) is 0 Å². The van der Waals surface area contributed by atoms with Gasteiger partial charge in [0.1, 0.15) is 5.60 Å². The van der Waals surface area contributed by atoms with Crippen LogP contribution in [0.25, 0.3) is 0 Å². The van der Waals surface area contributed by atoms with Gasteiger partial charge in [0.05, 0.1) is 6.04 Å². The van der Waals surface area contributed by atoms with E-state index in [1.54, 1.807) is 20.8 Å². The number of rotatable bonds is 5. The SMILES string of the molecule is C[C@H](N)C(=O)[C@](C(=O)O)(C(=O)OC(C)(C)C)N1CCCC1. The summed E-state index contributed by atoms with van der Waals surface area (Å²) in [6.07, 6.45) is 1.45. The normalized spacial score (nSPS) is 20.6. The van der Waals surface area contributed by atoms with Crippen molar-refractivity contribution in [3.05, 3.63) is 0 Å². The lowest BCUT2D eigenvalue weighted by Gasteiger charge is -2.37. The highest BCUT2D eigenvalue weighted by atomic mass is 16.6. The van der Waals surface area contributed by atoms with Gasteiger partial charge in [-0.1, -0.05) is 0 Å². The zero-order chi connectivity index (χ0) is 16.4. The Morgan fingerprint density at radius 1 is 1.19 bits per heavy atom. The minimum atomic E-state index is -2.35. The van der Waals surface area contributed by atoms with Crippen LogP contribution in [0.4, 0.5) is 0 Å². The average molecular weight is 300 g/mol. The predicted octanol–water partition coefficient (Wildman–Crippen LogP) is 0.164. The Kier molecular flexibility index (Phi) is 5.11. The Labute approximate surface area is 124 Å². The van der Waals surface area contributed by atoms with Crippen LogP contribution in [0, 0.1) is 0 Å². The number of hydrogen-bond donors (Lipinski definition) is 2. The molecule has 1 saturated heterocycles. The van der Waals surface area contributed by atoms with Gasteiger partial charge in [0.2, 0.25) is 0 Å². The van der Waals surface area contributed by atoms with Crippen molar-refractivity contribution in [3.63, 3.8) is 0 Å². The molecule has 1 aliphatic rings. The van der Waals surface area contributed by atoms with Crippen molar-refractivity contribution in [3.8, 4) is 0 Å². The molecule has 3 N–H and O–H groups in total. The summed E-state index contributed by atoms with van der Waals surface area (Å²) in [5, 5.41) is 9.65. The second-order valence-corrected chi connectivity index (χ2v) is 6.36. The topological polar surface area (TPSA) is 110 Å². The summed E-state index contributed by atoms with van der Waals surface area (Å²) >= 11 is 0. The molecule has 2 atom stereocenters. The maximum atomic E-state index is 12.5. The molecule has 0 radical (unpaired) electrons. The summed E-state index contributed by atoms with van der Waals surface area (Å²) in [7, 11) is 0. The first-order valence-electron chi connectivity index (χ1n) is 7.05. The van der Waals surface area contributed by atoms with E-state index < -0.39 is 34.9 Å². The molecule has 0 aromatic rings. The molecule has 0 aromatic carbocycles. The number of ether oxygens (including phenoxy) is 1. The van der Waals surface area contributed by atoms with Crippen molar-refractivity contribution in [1.29, 1.82) is 0 Å². The van der Waals surface area contributed by atoms with E-state index in [9.17, 15) is 19.5 Å². The molecule has 0 bridgehead atoms. The molecule has 0 spiro atoms. The predicted molar refractivity (Wildman–Crippen MR) is 75.7 cm³/mol. The summed E-state index contributed by atoms with van der Waals surface area (Å²) in [5.74, 6) is -3.43. The fourth-order valence-electron chi connectivity index (χ4n) is 2.45. The first-order chi connectivity index (χ1) is 9.53. The second kappa shape index (κ2) is 6.11. The van der Waals surface area contributed by atoms with Gasteiger partial charge in [0.25, 0.3) is 5.54 Å². The van der Waals surface area contributed by atoms with E-state index in [0.717, 1.165) is 12.8 Å². The molecule has 7 heteroatoms. The fraction of sp³-hybridized carbons (Fsp3) is 0.786. The highest BCUT2D eigenvalue weighted by Gasteiger charge is 2.60. The van der Waals surface area contributed by atoms with Gasteiger partial charge in [0, 0.05) is 13.1 Å². The number of carbonyl (C=O) groups excluding carboxylic acids is 2. The lowest BCUT2D eigenvalue weighted by atomic mass is 9.87. The van der Waals surface area contributed by atoms with Crippen LogP contribution in [0.2, 0.25) is 0 Å². The number of nitrogens with two attached hydrogens (primary N) is 1. The van der Waals surface area contributed by atoms with Gasteiger partial charge in [-0.2, -0.15) is 0 Å². The number of carbonyl (C=O) groups is 3. The zero-order valence-electron chi connectivity index (χ0n) is 13.0. The summed E-state index contributed by atoms with van der Waals surface area (Å²) in [6.45, 7) is 6.95. The van der Waals surface area contributed by atoms with Crippen molar-refractivity contribution in [2.24, 2.45) is 5.73 Å². The molecule has 0 aliphatic carbocycles. The van der Waals surface area contributed by atoms with Crippen LogP contribution in [0.3, 0.4) is 0 Å². The van der Waals surface area contributed by atoms with Crippen LogP contribution in [0.15, 0.2) is 0 Å². The Hall–Kier alpha value is -1.47. The molecule has 1 rings (SSSR count). The number of hydrogen-bond acceptors (Lipinski definition) is 6. The Morgan fingerprint density at radius 3 is 2.00 bits per heavy atom. The smallest absolute Gasteiger partial charge is 0.346 e. The standard InChI is InChI=1S/C14H24N2O5/c1-9(15)10(17)14(11(18)19,16-7-5-6-8-16)12(20)21-13(2,3)4/h9H,5-8,15H2,1-4H3,(H,18,19)/t9-,14-/m0/s1. The van der Waals surface area contributed by atoms with Crippen LogP contribution in [0.5, 0.6) is 0 Å². The van der Waals surface area contributed by atoms with Gasteiger partial charge >= 0.3 is 11.9 Å². The molecular formula is C14H24N2O5. The third-order valence-corrected chi connectivity index (χ3v) is 3.35. The van der Waals surface area contributed by atoms with Crippen molar-refractivity contribution in [2.75, 3.05) is 13.1 Å². The summed E-state index contributed by atoms with van der Waals surface area (Å²) < 4.78 is 5.21. The highest BCUT2D eigenvalue weighted by Crippen LogP contribution is 2.28. The van der Waals surface area contributed by atoms with Crippen molar-refractivity contribution < 1.29 is 24.2 Å². The number of carboxylic acids is 1. The number of esters is 1. The van der Waals surface area contributed by atoms with Crippen molar-refractivity contribution in [2.45, 2.75) is 57.7 Å². The van der Waals surface area contributed by atoms with Crippen molar-refractivity contribution >= 4 is 17.7 Å². The van der Waals surface area contributed by atoms with E-state index >= 15 is 0 Å². The minimum absolute atomic E-state index is 0.351. The molecule has 1 aliphatic heterocycles.